The second-order valence-electron chi connectivity index (χ2n) is 7.29. The lowest BCUT2D eigenvalue weighted by molar-refractivity contribution is 0.0300. The highest BCUT2D eigenvalue weighted by atomic mass is 32.2. The van der Waals surface area contributed by atoms with E-state index in [2.05, 4.69) is 0 Å². The molecule has 0 unspecified atom stereocenters. The minimum Gasteiger partial charge on any atom is -0.378 e. The quantitative estimate of drug-likeness (QED) is 0.784. The number of ether oxygens (including phenoxy) is 1. The van der Waals surface area contributed by atoms with Crippen LogP contribution in [0.5, 0.6) is 0 Å². The predicted octanol–water partition coefficient (Wildman–Crippen LogP) is 1.87. The van der Waals surface area contributed by atoms with E-state index in [1.807, 2.05) is 24.3 Å². The van der Waals surface area contributed by atoms with Gasteiger partial charge in [0.25, 0.3) is 15.9 Å². The maximum atomic E-state index is 13.7. The lowest BCUT2D eigenvalue weighted by Gasteiger charge is -2.28. The molecule has 3 heterocycles. The number of nitrogens with zero attached hydrogens (tertiary/aromatic N) is 3. The minimum absolute atomic E-state index is 0.126. The largest absolute Gasteiger partial charge is 0.378 e. The van der Waals surface area contributed by atoms with E-state index >= 15 is 0 Å². The standard InChI is InChI=1S/C20H25N3O4S/c1-14-18(20(24)22-10-12-27-13-11-22)19(15(2)21(14)3)28(25,26)23-9-8-16-6-4-5-7-17(16)23/h4-7H,8-13H2,1-3H3. The third kappa shape index (κ3) is 2.82. The summed E-state index contributed by atoms with van der Waals surface area (Å²) in [5.74, 6) is -0.240. The molecule has 0 atom stereocenters. The number of morpholine rings is 1. The normalized spacial score (nSPS) is 17.1. The van der Waals surface area contributed by atoms with Crippen LogP contribution in [0.2, 0.25) is 0 Å². The average molecular weight is 404 g/mol. The number of rotatable bonds is 3. The molecular weight excluding hydrogens is 378 g/mol. The van der Waals surface area contributed by atoms with Crippen molar-refractivity contribution in [2.45, 2.75) is 25.2 Å². The van der Waals surface area contributed by atoms with Crippen molar-refractivity contribution in [2.24, 2.45) is 7.05 Å². The smallest absolute Gasteiger partial charge is 0.266 e. The summed E-state index contributed by atoms with van der Waals surface area (Å²) < 4.78 is 36.0. The van der Waals surface area contributed by atoms with Gasteiger partial charge in [0.1, 0.15) is 4.90 Å². The van der Waals surface area contributed by atoms with Crippen LogP contribution in [0.3, 0.4) is 0 Å². The van der Waals surface area contributed by atoms with E-state index in [1.54, 1.807) is 30.4 Å². The number of benzene rings is 1. The Morgan fingerprint density at radius 3 is 2.43 bits per heavy atom. The van der Waals surface area contributed by atoms with E-state index < -0.39 is 10.0 Å². The molecule has 1 saturated heterocycles. The molecule has 4 rings (SSSR count). The lowest BCUT2D eigenvalue weighted by atomic mass is 10.2. The van der Waals surface area contributed by atoms with Crippen molar-refractivity contribution in [3.05, 3.63) is 46.8 Å². The molecule has 28 heavy (non-hydrogen) atoms. The van der Waals surface area contributed by atoms with Crippen molar-refractivity contribution >= 4 is 21.6 Å². The molecule has 0 aliphatic carbocycles. The Labute approximate surface area is 165 Å². The second-order valence-corrected chi connectivity index (χ2v) is 9.09. The molecule has 2 aliphatic rings. The molecule has 1 aromatic carbocycles. The highest BCUT2D eigenvalue weighted by Crippen LogP contribution is 2.36. The fourth-order valence-electron chi connectivity index (χ4n) is 4.08. The number of hydrogen-bond acceptors (Lipinski definition) is 4. The van der Waals surface area contributed by atoms with Gasteiger partial charge in [-0.3, -0.25) is 9.10 Å². The summed E-state index contributed by atoms with van der Waals surface area (Å²) in [6.45, 7) is 5.84. The van der Waals surface area contributed by atoms with Gasteiger partial charge in [0.2, 0.25) is 0 Å². The number of anilines is 1. The highest BCUT2D eigenvalue weighted by Gasteiger charge is 2.38. The maximum Gasteiger partial charge on any atom is 0.266 e. The van der Waals surface area contributed by atoms with E-state index in [0.29, 0.717) is 56.3 Å². The summed E-state index contributed by atoms with van der Waals surface area (Å²) >= 11 is 0. The van der Waals surface area contributed by atoms with E-state index in [9.17, 15) is 13.2 Å². The number of fused-ring (bicyclic) bond motifs is 1. The first kappa shape index (κ1) is 19.0. The number of para-hydroxylation sites is 1. The van der Waals surface area contributed by atoms with Crippen molar-refractivity contribution in [2.75, 3.05) is 37.2 Å². The number of carbonyl (C=O) groups is 1. The fourth-order valence-corrected chi connectivity index (χ4v) is 6.07. The molecule has 1 amide bonds. The van der Waals surface area contributed by atoms with E-state index in [-0.39, 0.29) is 16.4 Å². The van der Waals surface area contributed by atoms with Crippen molar-refractivity contribution in [3.8, 4) is 0 Å². The summed E-state index contributed by atoms with van der Waals surface area (Å²) in [5, 5.41) is 0. The summed E-state index contributed by atoms with van der Waals surface area (Å²) in [6, 6.07) is 7.54. The number of aromatic nitrogens is 1. The maximum absolute atomic E-state index is 13.7. The van der Waals surface area contributed by atoms with E-state index in [0.717, 1.165) is 5.56 Å². The van der Waals surface area contributed by atoms with E-state index in [4.69, 9.17) is 4.74 Å². The zero-order chi connectivity index (χ0) is 20.1. The third-order valence-electron chi connectivity index (χ3n) is 5.83. The third-order valence-corrected chi connectivity index (χ3v) is 7.80. The van der Waals surface area contributed by atoms with Crippen LogP contribution in [0.15, 0.2) is 29.2 Å². The number of hydrogen-bond donors (Lipinski definition) is 0. The van der Waals surface area contributed by atoms with Gasteiger partial charge < -0.3 is 14.2 Å². The SMILES string of the molecule is Cc1c(C(=O)N2CCOCC2)c(S(=O)(=O)N2CCc3ccccc32)c(C)n1C. The van der Waals surface area contributed by atoms with Gasteiger partial charge in [0.15, 0.2) is 0 Å². The van der Waals surface area contributed by atoms with Crippen molar-refractivity contribution in [1.82, 2.24) is 9.47 Å². The van der Waals surface area contributed by atoms with Crippen LogP contribution in [0.1, 0.15) is 27.3 Å². The van der Waals surface area contributed by atoms with Gasteiger partial charge in [-0.1, -0.05) is 18.2 Å². The number of carbonyl (C=O) groups excluding carboxylic acids is 1. The first-order valence-corrected chi connectivity index (χ1v) is 10.9. The van der Waals surface area contributed by atoms with Gasteiger partial charge in [-0.25, -0.2) is 8.42 Å². The first-order chi connectivity index (χ1) is 13.3. The zero-order valence-electron chi connectivity index (χ0n) is 16.4. The van der Waals surface area contributed by atoms with Crippen LogP contribution in [-0.2, 0) is 28.2 Å². The monoisotopic (exact) mass is 403 g/mol. The Bertz CT molecular complexity index is 1040. The van der Waals surface area contributed by atoms with Crippen LogP contribution in [-0.4, -0.2) is 56.6 Å². The van der Waals surface area contributed by atoms with Crippen LogP contribution in [0.25, 0.3) is 0 Å². The van der Waals surface area contributed by atoms with Gasteiger partial charge in [0, 0.05) is 38.1 Å². The number of sulfonamides is 1. The van der Waals surface area contributed by atoms with Gasteiger partial charge in [-0.15, -0.1) is 0 Å². The van der Waals surface area contributed by atoms with Crippen LogP contribution in [0, 0.1) is 13.8 Å². The summed E-state index contributed by atoms with van der Waals surface area (Å²) in [5.41, 5.74) is 3.25. The summed E-state index contributed by atoms with van der Waals surface area (Å²) in [4.78, 5) is 15.1. The van der Waals surface area contributed by atoms with Gasteiger partial charge in [-0.05, 0) is 31.9 Å². The second kappa shape index (κ2) is 6.93. The Hall–Kier alpha value is -2.32. The molecule has 0 spiro atoms. The van der Waals surface area contributed by atoms with Gasteiger partial charge in [0.05, 0.1) is 24.5 Å². The highest BCUT2D eigenvalue weighted by molar-refractivity contribution is 7.93. The molecule has 2 aliphatic heterocycles. The first-order valence-electron chi connectivity index (χ1n) is 9.47. The predicted molar refractivity (Wildman–Crippen MR) is 106 cm³/mol. The molecule has 1 aromatic heterocycles. The van der Waals surface area contributed by atoms with Gasteiger partial charge >= 0.3 is 0 Å². The number of amides is 1. The van der Waals surface area contributed by atoms with Crippen molar-refractivity contribution in [3.63, 3.8) is 0 Å². The lowest BCUT2D eigenvalue weighted by Crippen LogP contribution is -2.41. The zero-order valence-corrected chi connectivity index (χ0v) is 17.3. The Kier molecular flexibility index (Phi) is 4.71. The fraction of sp³-hybridized carbons (Fsp3) is 0.450. The molecule has 0 saturated carbocycles. The molecule has 0 N–H and O–H groups in total. The summed E-state index contributed by atoms with van der Waals surface area (Å²) in [6.07, 6.45) is 0.674. The average Bonchev–Trinajstić information content (AvgIpc) is 3.24. The van der Waals surface area contributed by atoms with Crippen LogP contribution < -0.4 is 4.31 Å². The molecule has 0 bridgehead atoms. The molecule has 1 fully saturated rings. The molecule has 7 nitrogen and oxygen atoms in total. The summed E-state index contributed by atoms with van der Waals surface area (Å²) in [7, 11) is -2.06. The molecule has 8 heteroatoms. The minimum atomic E-state index is -3.87. The van der Waals surface area contributed by atoms with Crippen LogP contribution >= 0.6 is 0 Å². The Balaban J connectivity index is 1.84. The topological polar surface area (TPSA) is 71.8 Å². The molecule has 2 aromatic rings. The van der Waals surface area contributed by atoms with Crippen molar-refractivity contribution in [1.29, 1.82) is 0 Å². The molecule has 0 radical (unpaired) electrons. The Morgan fingerprint density at radius 1 is 1.04 bits per heavy atom. The van der Waals surface area contributed by atoms with Crippen molar-refractivity contribution < 1.29 is 17.9 Å². The van der Waals surface area contributed by atoms with E-state index in [1.165, 1.54) is 4.31 Å². The molecular formula is C20H25N3O4S. The van der Waals surface area contributed by atoms with Crippen LogP contribution in [0.4, 0.5) is 5.69 Å². The Morgan fingerprint density at radius 2 is 1.71 bits per heavy atom. The van der Waals surface area contributed by atoms with Gasteiger partial charge in [-0.2, -0.15) is 0 Å². The molecule has 150 valence electrons.